The number of anilines is 1. The van der Waals surface area contributed by atoms with Gasteiger partial charge in [-0.3, -0.25) is 0 Å². The molecule has 4 nitrogen and oxygen atoms in total. The van der Waals surface area contributed by atoms with Gasteiger partial charge in [-0.25, -0.2) is 14.4 Å². The number of rotatable bonds is 6. The monoisotopic (exact) mass is 339 g/mol. The van der Waals surface area contributed by atoms with Crippen LogP contribution in [0.15, 0.2) is 54.9 Å². The molecule has 0 aliphatic heterocycles. The third-order valence-electron chi connectivity index (χ3n) is 4.40. The summed E-state index contributed by atoms with van der Waals surface area (Å²) in [6, 6.07) is 14.7. The van der Waals surface area contributed by atoms with Crippen LogP contribution in [0, 0.1) is 5.82 Å². The summed E-state index contributed by atoms with van der Waals surface area (Å²) >= 11 is 0. The lowest BCUT2D eigenvalue weighted by atomic mass is 10.0. The van der Waals surface area contributed by atoms with Crippen molar-refractivity contribution in [3.05, 3.63) is 66.2 Å². The molecule has 1 heterocycles. The number of hydrogen-bond donors (Lipinski definition) is 1. The van der Waals surface area contributed by atoms with Crippen molar-refractivity contribution < 1.29 is 9.50 Å². The number of aliphatic hydroxyl groups is 1. The van der Waals surface area contributed by atoms with Gasteiger partial charge in [0.2, 0.25) is 0 Å². The predicted molar refractivity (Wildman–Crippen MR) is 97.9 cm³/mol. The van der Waals surface area contributed by atoms with Crippen molar-refractivity contribution in [3.63, 3.8) is 0 Å². The second kappa shape index (κ2) is 7.15. The van der Waals surface area contributed by atoms with E-state index in [0.717, 1.165) is 5.56 Å². The SMILES string of the molecule is CC[C@@](C)(O)CN(Cc1ccccc1)c1ncnc2cccc(F)c12. The molecule has 1 N–H and O–H groups in total. The van der Waals surface area contributed by atoms with Gasteiger partial charge in [-0.2, -0.15) is 0 Å². The molecule has 25 heavy (non-hydrogen) atoms. The first-order valence-electron chi connectivity index (χ1n) is 8.40. The topological polar surface area (TPSA) is 49.2 Å². The average molecular weight is 339 g/mol. The smallest absolute Gasteiger partial charge is 0.143 e. The number of nitrogens with zero attached hydrogens (tertiary/aromatic N) is 3. The van der Waals surface area contributed by atoms with Crippen molar-refractivity contribution in [2.45, 2.75) is 32.4 Å². The minimum absolute atomic E-state index is 0.346. The lowest BCUT2D eigenvalue weighted by Crippen LogP contribution is -2.40. The van der Waals surface area contributed by atoms with Crippen molar-refractivity contribution in [2.75, 3.05) is 11.4 Å². The summed E-state index contributed by atoms with van der Waals surface area (Å²) in [4.78, 5) is 10.4. The molecule has 0 spiro atoms. The summed E-state index contributed by atoms with van der Waals surface area (Å²) in [6.07, 6.45) is 2.03. The first-order valence-corrected chi connectivity index (χ1v) is 8.40. The normalized spacial score (nSPS) is 13.6. The molecule has 130 valence electrons. The maximum Gasteiger partial charge on any atom is 0.143 e. The number of benzene rings is 2. The Balaban J connectivity index is 2.08. The van der Waals surface area contributed by atoms with Gasteiger partial charge in [0.05, 0.1) is 16.5 Å². The summed E-state index contributed by atoms with van der Waals surface area (Å²) in [5, 5.41) is 11.0. The summed E-state index contributed by atoms with van der Waals surface area (Å²) in [6.45, 7) is 4.58. The van der Waals surface area contributed by atoms with Gasteiger partial charge in [-0.1, -0.05) is 43.3 Å². The van der Waals surface area contributed by atoms with Crippen molar-refractivity contribution >= 4 is 16.7 Å². The van der Waals surface area contributed by atoms with E-state index < -0.39 is 5.60 Å². The van der Waals surface area contributed by atoms with Crippen LogP contribution in [0.2, 0.25) is 0 Å². The van der Waals surface area contributed by atoms with E-state index in [1.54, 1.807) is 19.1 Å². The molecule has 0 radical (unpaired) electrons. The van der Waals surface area contributed by atoms with Crippen LogP contribution in [0.5, 0.6) is 0 Å². The maximum absolute atomic E-state index is 14.5. The molecule has 1 atom stereocenters. The Morgan fingerprint density at radius 1 is 1.08 bits per heavy atom. The highest BCUT2D eigenvalue weighted by molar-refractivity contribution is 5.89. The Labute approximate surface area is 147 Å². The van der Waals surface area contributed by atoms with Crippen LogP contribution in [-0.2, 0) is 6.54 Å². The molecule has 0 unspecified atom stereocenters. The summed E-state index contributed by atoms with van der Waals surface area (Å²) in [7, 11) is 0. The Morgan fingerprint density at radius 2 is 1.84 bits per heavy atom. The molecule has 3 rings (SSSR count). The van der Waals surface area contributed by atoms with Crippen LogP contribution in [0.3, 0.4) is 0 Å². The second-order valence-electron chi connectivity index (χ2n) is 6.52. The predicted octanol–water partition coefficient (Wildman–Crippen LogP) is 3.94. The quantitative estimate of drug-likeness (QED) is 0.739. The highest BCUT2D eigenvalue weighted by atomic mass is 19.1. The van der Waals surface area contributed by atoms with E-state index in [1.807, 2.05) is 42.2 Å². The van der Waals surface area contributed by atoms with Crippen LogP contribution in [-0.4, -0.2) is 27.2 Å². The zero-order valence-electron chi connectivity index (χ0n) is 14.5. The van der Waals surface area contributed by atoms with Gasteiger partial charge in [-0.05, 0) is 31.0 Å². The van der Waals surface area contributed by atoms with Crippen LogP contribution < -0.4 is 4.90 Å². The van der Waals surface area contributed by atoms with Gasteiger partial charge in [-0.15, -0.1) is 0 Å². The molecule has 5 heteroatoms. The lowest BCUT2D eigenvalue weighted by Gasteiger charge is -2.32. The second-order valence-corrected chi connectivity index (χ2v) is 6.52. The number of aromatic nitrogens is 2. The first-order chi connectivity index (χ1) is 12.0. The molecule has 0 aliphatic rings. The molecule has 3 aromatic rings. The minimum atomic E-state index is -0.905. The van der Waals surface area contributed by atoms with E-state index >= 15 is 0 Å². The molecular weight excluding hydrogens is 317 g/mol. The fourth-order valence-corrected chi connectivity index (χ4v) is 2.82. The Bertz CT molecular complexity index is 847. The minimum Gasteiger partial charge on any atom is -0.388 e. The van der Waals surface area contributed by atoms with Crippen LogP contribution in [0.4, 0.5) is 10.2 Å². The fraction of sp³-hybridized carbons (Fsp3) is 0.300. The highest BCUT2D eigenvalue weighted by Crippen LogP contribution is 2.28. The number of fused-ring (bicyclic) bond motifs is 1. The Hall–Kier alpha value is -2.53. The Morgan fingerprint density at radius 3 is 2.56 bits per heavy atom. The molecule has 0 amide bonds. The zero-order chi connectivity index (χ0) is 17.9. The molecule has 0 aliphatic carbocycles. The summed E-state index contributed by atoms with van der Waals surface area (Å²) in [5.74, 6) is 0.142. The molecule has 0 saturated carbocycles. The average Bonchev–Trinajstić information content (AvgIpc) is 2.62. The van der Waals surface area contributed by atoms with Crippen LogP contribution >= 0.6 is 0 Å². The number of halogens is 1. The zero-order valence-corrected chi connectivity index (χ0v) is 14.5. The van der Waals surface area contributed by atoms with Crippen molar-refractivity contribution in [1.29, 1.82) is 0 Å². The molecule has 2 aromatic carbocycles. The van der Waals surface area contributed by atoms with E-state index in [4.69, 9.17) is 0 Å². The van der Waals surface area contributed by atoms with Crippen molar-refractivity contribution in [1.82, 2.24) is 9.97 Å². The summed E-state index contributed by atoms with van der Waals surface area (Å²) < 4.78 is 14.5. The Kier molecular flexibility index (Phi) is 4.95. The summed E-state index contributed by atoms with van der Waals surface area (Å²) in [5.41, 5.74) is 0.717. The molecular formula is C20H22FN3O. The van der Waals surface area contributed by atoms with Crippen molar-refractivity contribution in [3.8, 4) is 0 Å². The molecule has 0 bridgehead atoms. The highest BCUT2D eigenvalue weighted by Gasteiger charge is 2.25. The standard InChI is InChI=1S/C20H22FN3O/c1-3-20(2,25)13-24(12-15-8-5-4-6-9-15)19-18-16(21)10-7-11-17(18)22-14-23-19/h4-11,14,25H,3,12-13H2,1-2H3/t20-/m1/s1. The van der Waals surface area contributed by atoms with Crippen LogP contribution in [0.25, 0.3) is 10.9 Å². The van der Waals surface area contributed by atoms with Gasteiger partial charge in [0, 0.05) is 13.1 Å². The van der Waals surface area contributed by atoms with Gasteiger partial charge in [0.15, 0.2) is 0 Å². The number of hydrogen-bond acceptors (Lipinski definition) is 4. The van der Waals surface area contributed by atoms with Gasteiger partial charge < -0.3 is 10.0 Å². The lowest BCUT2D eigenvalue weighted by molar-refractivity contribution is 0.0625. The fourth-order valence-electron chi connectivity index (χ4n) is 2.82. The van der Waals surface area contributed by atoms with E-state index in [2.05, 4.69) is 9.97 Å². The molecule has 0 fully saturated rings. The van der Waals surface area contributed by atoms with Gasteiger partial charge in [0.1, 0.15) is 18.0 Å². The van der Waals surface area contributed by atoms with Crippen LogP contribution in [0.1, 0.15) is 25.8 Å². The van der Waals surface area contributed by atoms with Gasteiger partial charge >= 0.3 is 0 Å². The molecule has 1 aromatic heterocycles. The third kappa shape index (κ3) is 3.94. The maximum atomic E-state index is 14.5. The molecule has 0 saturated heterocycles. The first kappa shape index (κ1) is 17.3. The van der Waals surface area contributed by atoms with Crippen molar-refractivity contribution in [2.24, 2.45) is 0 Å². The van der Waals surface area contributed by atoms with E-state index in [0.29, 0.717) is 36.2 Å². The van der Waals surface area contributed by atoms with Gasteiger partial charge in [0.25, 0.3) is 0 Å². The van der Waals surface area contributed by atoms with E-state index in [1.165, 1.54) is 12.4 Å². The largest absolute Gasteiger partial charge is 0.388 e. The van der Waals surface area contributed by atoms with E-state index in [9.17, 15) is 9.50 Å². The third-order valence-corrected chi connectivity index (χ3v) is 4.40. The van der Waals surface area contributed by atoms with E-state index in [-0.39, 0.29) is 5.82 Å².